The number of unbranched alkanes of at least 4 members (excludes halogenated alkanes) is 1. The average molecular weight is 946 g/mol. The molecular weight excluding hydrogens is 883 g/mol. The number of terminal acetylenes is 1. The Labute approximate surface area is 394 Å². The molecule has 6 N–H and O–H groups in total. The van der Waals surface area contributed by atoms with E-state index in [0.717, 1.165) is 12.0 Å². The highest BCUT2D eigenvalue weighted by Crippen LogP contribution is 2.25. The number of hydrogen-bond donors (Lipinski definition) is 5. The Morgan fingerprint density at radius 3 is 1.88 bits per heavy atom. The second-order valence-electron chi connectivity index (χ2n) is 16.2. The number of rotatable bonds is 28. The third-order valence-electron chi connectivity index (χ3n) is 11.4. The van der Waals surface area contributed by atoms with Gasteiger partial charge in [-0.1, -0.05) is 28.5 Å². The van der Waals surface area contributed by atoms with Crippen LogP contribution >= 0.6 is 0 Å². The van der Waals surface area contributed by atoms with Crippen molar-refractivity contribution in [2.24, 2.45) is 5.73 Å². The molecule has 2 saturated heterocycles. The molecule has 3 aromatic heterocycles. The predicted octanol–water partition coefficient (Wildman–Crippen LogP) is -0.441. The van der Waals surface area contributed by atoms with Gasteiger partial charge < -0.3 is 60.2 Å². The zero-order chi connectivity index (χ0) is 48.1. The van der Waals surface area contributed by atoms with E-state index in [1.165, 1.54) is 0 Å². The number of ether oxygens (including phenoxy) is 3. The Bertz CT molecular complexity index is 2220. The summed E-state index contributed by atoms with van der Waals surface area (Å²) in [5, 5.41) is 48.5. The molecule has 0 aliphatic carbocycles. The number of aryl methyl sites for hydroxylation is 1. The third kappa shape index (κ3) is 15.3. The molecule has 2 aliphatic rings. The van der Waals surface area contributed by atoms with Crippen molar-refractivity contribution in [3.05, 3.63) is 53.6 Å². The van der Waals surface area contributed by atoms with Gasteiger partial charge in [0.15, 0.2) is 0 Å². The van der Waals surface area contributed by atoms with Crippen LogP contribution in [-0.4, -0.2) is 200 Å². The van der Waals surface area contributed by atoms with E-state index >= 15 is 0 Å². The van der Waals surface area contributed by atoms with Crippen molar-refractivity contribution in [3.8, 4) is 18.1 Å². The topological polar surface area (TPSA) is 291 Å². The van der Waals surface area contributed by atoms with Gasteiger partial charge in [-0.25, -0.2) is 9.36 Å². The van der Waals surface area contributed by atoms with Crippen molar-refractivity contribution in [2.45, 2.75) is 57.0 Å². The Hall–Kier alpha value is -6.52. The number of benzene rings is 1. The first kappa shape index (κ1) is 50.9. The molecule has 24 nitrogen and oxygen atoms in total. The monoisotopic (exact) mass is 945 g/mol. The molecule has 1 aromatic carbocycles. The van der Waals surface area contributed by atoms with Gasteiger partial charge in [0.25, 0.3) is 0 Å². The van der Waals surface area contributed by atoms with Crippen LogP contribution in [-0.2, 0) is 47.9 Å². The summed E-state index contributed by atoms with van der Waals surface area (Å²) >= 11 is 0. The van der Waals surface area contributed by atoms with Gasteiger partial charge in [0.05, 0.1) is 50.8 Å². The maximum absolute atomic E-state index is 14.3. The number of nitrogens with two attached hydrogens (primary N) is 1. The summed E-state index contributed by atoms with van der Waals surface area (Å²) < 4.78 is 19.6. The minimum atomic E-state index is -0.937. The van der Waals surface area contributed by atoms with E-state index in [-0.39, 0.29) is 43.6 Å². The summed E-state index contributed by atoms with van der Waals surface area (Å²) in [6.07, 6.45) is 11.2. The van der Waals surface area contributed by atoms with E-state index < -0.39 is 18.1 Å². The summed E-state index contributed by atoms with van der Waals surface area (Å²) in [7, 11) is 0. The minimum absolute atomic E-state index is 0.0879. The molecule has 4 aromatic rings. The van der Waals surface area contributed by atoms with Crippen molar-refractivity contribution in [1.29, 1.82) is 0 Å². The van der Waals surface area contributed by atoms with Crippen LogP contribution in [0.5, 0.6) is 5.75 Å². The number of nitrogens with one attached hydrogen (secondary N) is 1. The van der Waals surface area contributed by atoms with Crippen LogP contribution in [0.4, 0.5) is 17.8 Å². The lowest BCUT2D eigenvalue weighted by molar-refractivity contribution is -0.137. The van der Waals surface area contributed by atoms with Crippen molar-refractivity contribution in [3.63, 3.8) is 0 Å². The van der Waals surface area contributed by atoms with Crippen LogP contribution in [0, 0.1) is 12.3 Å². The van der Waals surface area contributed by atoms with Gasteiger partial charge in [0.2, 0.25) is 29.7 Å². The number of carbonyl (C=O) groups excluding carboxylic acids is 2. The Morgan fingerprint density at radius 1 is 0.750 bits per heavy atom. The third-order valence-corrected chi connectivity index (χ3v) is 11.4. The number of piperazine rings is 2. The molecule has 368 valence electrons. The summed E-state index contributed by atoms with van der Waals surface area (Å²) in [4.78, 5) is 61.6. The van der Waals surface area contributed by atoms with Gasteiger partial charge in [-0.05, 0) is 43.5 Å². The normalized spacial score (nSPS) is 15.0. The summed E-state index contributed by atoms with van der Waals surface area (Å²) in [6, 6.07) is 5.37. The zero-order valence-corrected chi connectivity index (χ0v) is 38.3. The van der Waals surface area contributed by atoms with Gasteiger partial charge in [-0.2, -0.15) is 15.0 Å². The highest BCUT2D eigenvalue weighted by atomic mass is 16.5. The van der Waals surface area contributed by atoms with E-state index in [0.29, 0.717) is 153 Å². The van der Waals surface area contributed by atoms with E-state index in [9.17, 15) is 24.6 Å². The first-order valence-corrected chi connectivity index (χ1v) is 23.0. The molecule has 24 heteroatoms. The number of carboxylic acid groups (broad SMARTS) is 1. The number of carboxylic acids is 1. The van der Waals surface area contributed by atoms with Crippen molar-refractivity contribution in [2.75, 3.05) is 127 Å². The maximum atomic E-state index is 14.3. The number of aliphatic carboxylic acids is 1. The molecular formula is C44H63N15O9. The second kappa shape index (κ2) is 26.7. The molecule has 0 bridgehead atoms. The van der Waals surface area contributed by atoms with Crippen LogP contribution < -0.4 is 20.9 Å². The smallest absolute Gasteiger partial charge is 0.303 e. The lowest BCUT2D eigenvalue weighted by Crippen LogP contribution is -2.52. The summed E-state index contributed by atoms with van der Waals surface area (Å²) in [6.45, 7) is 6.24. The molecule has 2 atom stereocenters. The number of aromatic nitrogens is 9. The van der Waals surface area contributed by atoms with E-state index in [4.69, 9.17) is 46.4 Å². The van der Waals surface area contributed by atoms with Crippen molar-refractivity contribution in [1.82, 2.24) is 54.7 Å². The zero-order valence-electron chi connectivity index (χ0n) is 38.3. The maximum Gasteiger partial charge on any atom is 0.303 e. The van der Waals surface area contributed by atoms with Crippen LogP contribution in [0.1, 0.15) is 54.7 Å². The second-order valence-corrected chi connectivity index (χ2v) is 16.2. The molecule has 6 rings (SSSR count). The minimum Gasteiger partial charge on any atom is -0.508 e. The highest BCUT2D eigenvalue weighted by Gasteiger charge is 2.33. The first-order valence-electron chi connectivity index (χ1n) is 23.0. The lowest BCUT2D eigenvalue weighted by Gasteiger charge is -2.38. The molecule has 5 heterocycles. The SMILES string of the molecule is C#CCOCCOCCOCCNc1nc(N2CCN(C(=O)[C@H](CCCCN)n3cc(CCC(=O)O)nn3)CC2)nc(N2CCN(C(=O)[C@H](Cc3ccc(O)cc3)n3cc(CCO)nn3)CC2)n1. The fourth-order valence-electron chi connectivity index (χ4n) is 7.71. The van der Waals surface area contributed by atoms with E-state index in [2.05, 4.69) is 31.9 Å². The molecule has 68 heavy (non-hydrogen) atoms. The molecule has 2 fully saturated rings. The Balaban J connectivity index is 1.12. The Morgan fingerprint density at radius 2 is 1.31 bits per heavy atom. The molecule has 0 saturated carbocycles. The quantitative estimate of drug-likeness (QED) is 0.0356. The number of amides is 2. The number of nitrogens with zero attached hydrogens (tertiary/aromatic N) is 13. The van der Waals surface area contributed by atoms with Gasteiger partial charge in [-0.3, -0.25) is 14.4 Å². The van der Waals surface area contributed by atoms with Crippen LogP contribution in [0.2, 0.25) is 0 Å². The molecule has 0 unspecified atom stereocenters. The average Bonchev–Trinajstić information content (AvgIpc) is 4.04. The summed E-state index contributed by atoms with van der Waals surface area (Å²) in [5.74, 6) is 2.56. The number of aliphatic hydroxyl groups is 1. The van der Waals surface area contributed by atoms with Gasteiger partial charge in [-0.15, -0.1) is 16.6 Å². The number of aliphatic hydroxyl groups excluding tert-OH is 1. The highest BCUT2D eigenvalue weighted by molar-refractivity contribution is 5.81. The van der Waals surface area contributed by atoms with Crippen molar-refractivity contribution >= 4 is 35.6 Å². The summed E-state index contributed by atoms with van der Waals surface area (Å²) in [5.41, 5.74) is 7.69. The fraction of sp³-hybridized carbons (Fsp3) is 0.591. The number of phenolic OH excluding ortho intramolecular Hbond substituents is 1. The van der Waals surface area contributed by atoms with Crippen LogP contribution in [0.3, 0.4) is 0 Å². The predicted molar refractivity (Wildman–Crippen MR) is 247 cm³/mol. The number of aromatic hydroxyl groups is 1. The standard InChI is InChI=1S/C44H63N15O9/c1-2-24-66-26-28-68-29-27-67-25-14-46-42-47-43(56-19-15-54(16-20-56)40(64)37(5-3-4-13-45)58-31-34(50-52-58)8-11-39(62)63)49-44(48-42)57-21-17-55(18-22-57)41(65)38(30-33-6-9-36(61)10-7-33)59-32-35(12-23-60)51-53-59/h1,6-7,9-10,31-32,37-38,60-61H,3-5,8,11-30,45H2,(H,62,63)(H,46,47,48,49)/t37-,38-/m0/s1. The van der Waals surface area contributed by atoms with Gasteiger partial charge in [0.1, 0.15) is 24.4 Å². The molecule has 0 spiro atoms. The largest absolute Gasteiger partial charge is 0.508 e. The van der Waals surface area contributed by atoms with Crippen LogP contribution in [0.25, 0.3) is 0 Å². The van der Waals surface area contributed by atoms with E-state index in [1.54, 1.807) is 55.8 Å². The number of hydrogen-bond acceptors (Lipinski definition) is 19. The van der Waals surface area contributed by atoms with Crippen LogP contribution in [0.15, 0.2) is 36.7 Å². The molecule has 2 aliphatic heterocycles. The fourth-order valence-corrected chi connectivity index (χ4v) is 7.71. The van der Waals surface area contributed by atoms with Gasteiger partial charge >= 0.3 is 5.97 Å². The first-order chi connectivity index (χ1) is 33.1. The van der Waals surface area contributed by atoms with E-state index in [1.807, 2.05) is 9.80 Å². The Kier molecular flexibility index (Phi) is 20.0. The molecule has 0 radical (unpaired) electrons. The number of phenols is 1. The number of carbonyl (C=O) groups is 3. The van der Waals surface area contributed by atoms with Crippen molar-refractivity contribution < 1.29 is 43.9 Å². The number of anilines is 3. The van der Waals surface area contributed by atoms with Gasteiger partial charge in [0, 0.05) is 97.2 Å². The molecule has 2 amide bonds. The lowest BCUT2D eigenvalue weighted by atomic mass is 10.0.